The molecule has 0 saturated heterocycles. The van der Waals surface area contributed by atoms with E-state index in [-0.39, 0.29) is 11.7 Å². The molecule has 192 valence electrons. The molecule has 1 amide bonds. The van der Waals surface area contributed by atoms with Crippen LogP contribution in [0.1, 0.15) is 0 Å². The predicted molar refractivity (Wildman–Crippen MR) is 146 cm³/mol. The zero-order chi connectivity index (χ0) is 26.5. The lowest BCUT2D eigenvalue weighted by molar-refractivity contribution is -0.111. The van der Waals surface area contributed by atoms with Gasteiger partial charge in [0, 0.05) is 44.0 Å². The van der Waals surface area contributed by atoms with Gasteiger partial charge in [-0.1, -0.05) is 6.58 Å². The van der Waals surface area contributed by atoms with Crippen LogP contribution in [0.4, 0.5) is 27.4 Å². The standard InChI is InChI=1S/C27H30FN7O2/c1-6-26(36)30-20-16-21(24(37-5)17-23(20)34(4)14-13-33(2)3)31-27-29-11-9-25(32-27)35-12-10-18-15-19(28)7-8-22(18)35/h6-12,15-17H,1,13-14H2,2-5H3,(H,30,36)(H,29,31,32). The lowest BCUT2D eigenvalue weighted by Crippen LogP contribution is -2.29. The molecule has 4 rings (SSSR count). The van der Waals surface area contributed by atoms with Crippen molar-refractivity contribution in [3.63, 3.8) is 0 Å². The summed E-state index contributed by atoms with van der Waals surface area (Å²) >= 11 is 0. The van der Waals surface area contributed by atoms with Crippen LogP contribution in [0, 0.1) is 5.82 Å². The molecule has 9 nitrogen and oxygen atoms in total. The molecule has 37 heavy (non-hydrogen) atoms. The number of likely N-dealkylation sites (N-methyl/N-ethyl adjacent to an activating group) is 2. The van der Waals surface area contributed by atoms with Crippen molar-refractivity contribution in [3.05, 3.63) is 73.3 Å². The Morgan fingerprint density at radius 1 is 1.14 bits per heavy atom. The summed E-state index contributed by atoms with van der Waals surface area (Å²) in [6.07, 6.45) is 4.69. The van der Waals surface area contributed by atoms with Gasteiger partial charge in [0.05, 0.1) is 29.7 Å². The molecule has 4 aromatic rings. The third-order valence-corrected chi connectivity index (χ3v) is 5.84. The molecule has 0 saturated carbocycles. The van der Waals surface area contributed by atoms with Gasteiger partial charge in [-0.3, -0.25) is 4.79 Å². The molecule has 0 atom stereocenters. The van der Waals surface area contributed by atoms with Crippen LogP contribution in [0.5, 0.6) is 5.75 Å². The number of methoxy groups -OCH3 is 1. The number of anilines is 4. The fraction of sp³-hybridized carbons (Fsp3) is 0.222. The Morgan fingerprint density at radius 2 is 1.95 bits per heavy atom. The first-order valence-corrected chi connectivity index (χ1v) is 11.7. The van der Waals surface area contributed by atoms with Crippen LogP contribution >= 0.6 is 0 Å². The molecule has 2 N–H and O–H groups in total. The SMILES string of the molecule is C=CC(=O)Nc1cc(Nc2nccc(-n3ccc4cc(F)ccc43)n2)c(OC)cc1N(C)CCN(C)C. The average molecular weight is 504 g/mol. The van der Waals surface area contributed by atoms with Crippen molar-refractivity contribution >= 4 is 39.8 Å². The van der Waals surface area contributed by atoms with Gasteiger partial charge in [0.15, 0.2) is 0 Å². The normalized spacial score (nSPS) is 11.0. The molecular weight excluding hydrogens is 473 g/mol. The summed E-state index contributed by atoms with van der Waals surface area (Å²) < 4.78 is 21.1. The number of rotatable bonds is 10. The summed E-state index contributed by atoms with van der Waals surface area (Å²) in [4.78, 5) is 25.3. The molecule has 0 aliphatic heterocycles. The first-order chi connectivity index (χ1) is 17.8. The van der Waals surface area contributed by atoms with E-state index in [4.69, 9.17) is 4.74 Å². The molecule has 0 aliphatic rings. The van der Waals surface area contributed by atoms with Gasteiger partial charge in [-0.05, 0) is 56.6 Å². The van der Waals surface area contributed by atoms with E-state index in [0.29, 0.717) is 28.9 Å². The van der Waals surface area contributed by atoms with E-state index >= 15 is 0 Å². The van der Waals surface area contributed by atoms with Gasteiger partial charge >= 0.3 is 0 Å². The maximum Gasteiger partial charge on any atom is 0.247 e. The Balaban J connectivity index is 1.69. The summed E-state index contributed by atoms with van der Waals surface area (Å²) in [5.74, 6) is 0.872. The number of halogens is 1. The Hall–Kier alpha value is -4.44. The number of benzene rings is 2. The van der Waals surface area contributed by atoms with Gasteiger partial charge in [0.25, 0.3) is 0 Å². The number of aromatic nitrogens is 3. The van der Waals surface area contributed by atoms with Crippen molar-refractivity contribution in [2.24, 2.45) is 0 Å². The molecule has 0 aliphatic carbocycles. The van der Waals surface area contributed by atoms with Gasteiger partial charge in [-0.15, -0.1) is 0 Å². The number of carbonyl (C=O) groups excluding carboxylic acids is 1. The third kappa shape index (κ3) is 5.87. The van der Waals surface area contributed by atoms with Gasteiger partial charge in [-0.2, -0.15) is 4.98 Å². The zero-order valence-electron chi connectivity index (χ0n) is 21.3. The molecule has 2 aromatic carbocycles. The van der Waals surface area contributed by atoms with Gasteiger partial charge in [0.2, 0.25) is 11.9 Å². The Bertz CT molecular complexity index is 1430. The van der Waals surface area contributed by atoms with Crippen LogP contribution in [0.25, 0.3) is 16.7 Å². The van der Waals surface area contributed by atoms with E-state index in [1.54, 1.807) is 31.5 Å². The second-order valence-electron chi connectivity index (χ2n) is 8.74. The van der Waals surface area contributed by atoms with Crippen LogP contribution in [0.2, 0.25) is 0 Å². The Morgan fingerprint density at radius 3 is 2.68 bits per heavy atom. The number of amides is 1. The number of hydrogen-bond donors (Lipinski definition) is 2. The minimum absolute atomic E-state index is 0.294. The van der Waals surface area contributed by atoms with E-state index in [1.807, 2.05) is 48.9 Å². The highest BCUT2D eigenvalue weighted by Crippen LogP contribution is 2.38. The fourth-order valence-corrected chi connectivity index (χ4v) is 3.88. The van der Waals surface area contributed by atoms with Crippen LogP contribution < -0.4 is 20.3 Å². The summed E-state index contributed by atoms with van der Waals surface area (Å²) in [6.45, 7) is 5.12. The number of nitrogens with zero attached hydrogens (tertiary/aromatic N) is 5. The monoisotopic (exact) mass is 503 g/mol. The number of hydrogen-bond acceptors (Lipinski definition) is 7. The van der Waals surface area contributed by atoms with E-state index in [1.165, 1.54) is 18.2 Å². The molecule has 0 radical (unpaired) electrons. The van der Waals surface area contributed by atoms with Crippen LogP contribution in [0.3, 0.4) is 0 Å². The minimum atomic E-state index is -0.326. The molecule has 2 aromatic heterocycles. The van der Waals surface area contributed by atoms with E-state index in [2.05, 4.69) is 32.1 Å². The highest BCUT2D eigenvalue weighted by molar-refractivity contribution is 6.02. The molecule has 0 bridgehead atoms. The van der Waals surface area contributed by atoms with Crippen molar-refractivity contribution in [3.8, 4) is 11.6 Å². The minimum Gasteiger partial charge on any atom is -0.494 e. The largest absolute Gasteiger partial charge is 0.494 e. The third-order valence-electron chi connectivity index (χ3n) is 5.84. The molecular formula is C27H30FN7O2. The highest BCUT2D eigenvalue weighted by atomic mass is 19.1. The van der Waals surface area contributed by atoms with Crippen molar-refractivity contribution in [1.29, 1.82) is 0 Å². The summed E-state index contributed by atoms with van der Waals surface area (Å²) in [5.41, 5.74) is 2.77. The van der Waals surface area contributed by atoms with E-state index < -0.39 is 0 Å². The molecule has 0 unspecified atom stereocenters. The Labute approximate surface area is 215 Å². The van der Waals surface area contributed by atoms with Gasteiger partial charge in [0.1, 0.15) is 17.4 Å². The maximum absolute atomic E-state index is 13.6. The fourth-order valence-electron chi connectivity index (χ4n) is 3.88. The average Bonchev–Trinajstić information content (AvgIpc) is 3.30. The van der Waals surface area contributed by atoms with E-state index in [9.17, 15) is 9.18 Å². The number of nitrogens with one attached hydrogen (secondary N) is 2. The second kappa shape index (κ2) is 11.1. The summed E-state index contributed by atoms with van der Waals surface area (Å²) in [6, 6.07) is 11.8. The Kier molecular flexibility index (Phi) is 7.69. The van der Waals surface area contributed by atoms with Crippen LogP contribution in [-0.2, 0) is 4.79 Å². The van der Waals surface area contributed by atoms with Crippen molar-refractivity contribution < 1.29 is 13.9 Å². The summed E-state index contributed by atoms with van der Waals surface area (Å²) in [5, 5.41) is 6.86. The van der Waals surface area contributed by atoms with Crippen molar-refractivity contribution in [2.75, 3.05) is 56.9 Å². The lowest BCUT2D eigenvalue weighted by Gasteiger charge is -2.26. The van der Waals surface area contributed by atoms with Crippen molar-refractivity contribution in [2.45, 2.75) is 0 Å². The topological polar surface area (TPSA) is 87.5 Å². The molecule has 0 spiro atoms. The number of fused-ring (bicyclic) bond motifs is 1. The van der Waals surface area contributed by atoms with E-state index in [0.717, 1.165) is 29.7 Å². The molecule has 10 heteroatoms. The summed E-state index contributed by atoms with van der Waals surface area (Å²) in [7, 11) is 7.54. The van der Waals surface area contributed by atoms with Gasteiger partial charge < -0.3 is 29.7 Å². The predicted octanol–water partition coefficient (Wildman–Crippen LogP) is 4.43. The maximum atomic E-state index is 13.6. The quantitative estimate of drug-likeness (QED) is 0.310. The number of ether oxygens (including phenoxy) is 1. The molecule has 0 fully saturated rings. The first-order valence-electron chi connectivity index (χ1n) is 11.7. The van der Waals surface area contributed by atoms with Crippen molar-refractivity contribution in [1.82, 2.24) is 19.4 Å². The second-order valence-corrected chi connectivity index (χ2v) is 8.74. The van der Waals surface area contributed by atoms with Crippen LogP contribution in [-0.4, -0.2) is 66.7 Å². The zero-order valence-corrected chi connectivity index (χ0v) is 21.3. The smallest absolute Gasteiger partial charge is 0.247 e. The lowest BCUT2D eigenvalue weighted by atomic mass is 10.2. The van der Waals surface area contributed by atoms with Gasteiger partial charge in [-0.25, -0.2) is 9.37 Å². The first kappa shape index (κ1) is 25.6. The van der Waals surface area contributed by atoms with Crippen LogP contribution in [0.15, 0.2) is 67.5 Å². The molecule has 2 heterocycles. The highest BCUT2D eigenvalue weighted by Gasteiger charge is 2.17. The number of carbonyl (C=O) groups is 1.